The molecule has 0 aromatic rings. The lowest BCUT2D eigenvalue weighted by Gasteiger charge is -2.23. The molecule has 2 fully saturated rings. The lowest BCUT2D eigenvalue weighted by molar-refractivity contribution is -0.128. The minimum Gasteiger partial charge on any atom is -0.344 e. The predicted molar refractivity (Wildman–Crippen MR) is 60.6 cm³/mol. The quantitative estimate of drug-likeness (QED) is 0.763. The summed E-state index contributed by atoms with van der Waals surface area (Å²) in [6.45, 7) is 3.15. The van der Waals surface area contributed by atoms with Gasteiger partial charge < -0.3 is 10.2 Å². The highest BCUT2D eigenvalue weighted by Crippen LogP contribution is 2.28. The monoisotopic (exact) mass is 210 g/mol. The highest BCUT2D eigenvalue weighted by Gasteiger charge is 2.32. The number of carbonyl (C=O) groups excluding carboxylic acids is 1. The third-order valence-electron chi connectivity index (χ3n) is 4.00. The molecule has 1 aliphatic heterocycles. The van der Waals surface area contributed by atoms with Gasteiger partial charge in [-0.25, -0.2) is 0 Å². The molecule has 86 valence electrons. The van der Waals surface area contributed by atoms with Crippen molar-refractivity contribution in [2.45, 2.75) is 51.1 Å². The smallest absolute Gasteiger partial charge is 0.239 e. The number of likely N-dealkylation sites (tertiary alicyclic amines) is 1. The van der Waals surface area contributed by atoms with Gasteiger partial charge in [0.25, 0.3) is 0 Å². The van der Waals surface area contributed by atoms with Gasteiger partial charge in [0.2, 0.25) is 5.91 Å². The number of hydrogen-bond acceptors (Lipinski definition) is 2. The Bertz CT molecular complexity index is 236. The number of likely N-dealkylation sites (N-methyl/N-ethyl adjacent to an activating group) is 1. The van der Waals surface area contributed by atoms with Crippen LogP contribution in [-0.4, -0.2) is 36.5 Å². The maximum atomic E-state index is 11.7. The molecule has 1 N–H and O–H groups in total. The fraction of sp³-hybridized carbons (Fsp3) is 0.917. The molecule has 1 saturated carbocycles. The maximum absolute atomic E-state index is 11.7. The topological polar surface area (TPSA) is 32.3 Å². The van der Waals surface area contributed by atoms with E-state index in [4.69, 9.17) is 0 Å². The van der Waals surface area contributed by atoms with Crippen LogP contribution < -0.4 is 5.32 Å². The Morgan fingerprint density at radius 2 is 2.00 bits per heavy atom. The average Bonchev–Trinajstić information content (AvgIpc) is 2.83. The second kappa shape index (κ2) is 4.52. The Morgan fingerprint density at radius 1 is 1.33 bits per heavy atom. The van der Waals surface area contributed by atoms with E-state index in [9.17, 15) is 4.79 Å². The van der Waals surface area contributed by atoms with Crippen molar-refractivity contribution in [2.24, 2.45) is 5.92 Å². The number of carbonyl (C=O) groups is 1. The first-order valence-corrected chi connectivity index (χ1v) is 6.19. The fourth-order valence-corrected chi connectivity index (χ4v) is 2.89. The van der Waals surface area contributed by atoms with Gasteiger partial charge in [-0.1, -0.05) is 12.8 Å². The molecule has 1 saturated heterocycles. The van der Waals surface area contributed by atoms with Crippen molar-refractivity contribution in [1.29, 1.82) is 0 Å². The van der Waals surface area contributed by atoms with Crippen LogP contribution in [0.5, 0.6) is 0 Å². The van der Waals surface area contributed by atoms with Crippen LogP contribution in [0.1, 0.15) is 39.0 Å². The summed E-state index contributed by atoms with van der Waals surface area (Å²) in [4.78, 5) is 13.6. The molecule has 15 heavy (non-hydrogen) atoms. The Kier molecular flexibility index (Phi) is 3.29. The molecule has 0 radical (unpaired) electrons. The second-order valence-corrected chi connectivity index (χ2v) is 5.10. The Balaban J connectivity index is 1.83. The largest absolute Gasteiger partial charge is 0.344 e. The van der Waals surface area contributed by atoms with Crippen molar-refractivity contribution in [3.8, 4) is 0 Å². The third kappa shape index (κ3) is 2.33. The molecule has 1 amide bonds. The highest BCUT2D eigenvalue weighted by atomic mass is 16.2. The Hall–Kier alpha value is -0.570. The van der Waals surface area contributed by atoms with Gasteiger partial charge in [-0.15, -0.1) is 0 Å². The minimum atomic E-state index is 0.0885. The molecular weight excluding hydrogens is 188 g/mol. The van der Waals surface area contributed by atoms with Crippen LogP contribution in [0.4, 0.5) is 0 Å². The van der Waals surface area contributed by atoms with Crippen molar-refractivity contribution >= 4 is 5.91 Å². The summed E-state index contributed by atoms with van der Waals surface area (Å²) in [5.41, 5.74) is 0. The van der Waals surface area contributed by atoms with Crippen LogP contribution in [0.2, 0.25) is 0 Å². The molecule has 2 atom stereocenters. The van der Waals surface area contributed by atoms with Crippen LogP contribution in [0, 0.1) is 5.92 Å². The van der Waals surface area contributed by atoms with E-state index in [-0.39, 0.29) is 11.9 Å². The molecule has 3 nitrogen and oxygen atoms in total. The zero-order chi connectivity index (χ0) is 10.8. The Morgan fingerprint density at radius 3 is 2.53 bits per heavy atom. The van der Waals surface area contributed by atoms with Gasteiger partial charge in [-0.3, -0.25) is 4.79 Å². The molecule has 1 unspecified atom stereocenters. The van der Waals surface area contributed by atoms with Crippen LogP contribution in [0.25, 0.3) is 0 Å². The number of hydrogen-bond donors (Lipinski definition) is 1. The van der Waals surface area contributed by atoms with Gasteiger partial charge in [0.05, 0.1) is 6.04 Å². The predicted octanol–water partition coefficient (Wildman–Crippen LogP) is 1.39. The molecule has 3 heteroatoms. The first kappa shape index (κ1) is 10.9. The van der Waals surface area contributed by atoms with E-state index in [1.165, 1.54) is 25.7 Å². The van der Waals surface area contributed by atoms with Crippen LogP contribution >= 0.6 is 0 Å². The van der Waals surface area contributed by atoms with Crippen LogP contribution in [0.3, 0.4) is 0 Å². The van der Waals surface area contributed by atoms with Gasteiger partial charge in [-0.05, 0) is 32.1 Å². The van der Waals surface area contributed by atoms with Crippen molar-refractivity contribution in [1.82, 2.24) is 10.2 Å². The molecule has 0 aromatic carbocycles. The summed E-state index contributed by atoms with van der Waals surface area (Å²) in [5.74, 6) is 1.07. The molecule has 0 aromatic heterocycles. The summed E-state index contributed by atoms with van der Waals surface area (Å²) in [6, 6.07) is 0.596. The molecular formula is C12H22N2O. The zero-order valence-corrected chi connectivity index (χ0v) is 9.83. The third-order valence-corrected chi connectivity index (χ3v) is 4.00. The lowest BCUT2D eigenvalue weighted by Crippen LogP contribution is -2.44. The number of nitrogens with one attached hydrogen (secondary N) is 1. The average molecular weight is 210 g/mol. The van der Waals surface area contributed by atoms with E-state index in [1.54, 1.807) is 0 Å². The lowest BCUT2D eigenvalue weighted by atomic mass is 9.99. The fourth-order valence-electron chi connectivity index (χ4n) is 2.89. The van der Waals surface area contributed by atoms with E-state index in [0.29, 0.717) is 6.04 Å². The molecule has 2 rings (SSSR count). The standard InChI is InChI=1S/C12H22N2O/c1-9(10-5-3-4-6-10)13-11-7-8-14(2)12(11)15/h9-11,13H,3-8H2,1-2H3/t9-,11?/m0/s1. The van der Waals surface area contributed by atoms with Crippen LogP contribution in [-0.2, 0) is 4.79 Å². The summed E-state index contributed by atoms with van der Waals surface area (Å²) in [6.07, 6.45) is 6.40. The van der Waals surface area contributed by atoms with Crippen molar-refractivity contribution in [3.05, 3.63) is 0 Å². The molecule has 0 spiro atoms. The van der Waals surface area contributed by atoms with Gasteiger partial charge in [0.1, 0.15) is 0 Å². The van der Waals surface area contributed by atoms with E-state index >= 15 is 0 Å². The number of amides is 1. The van der Waals surface area contributed by atoms with Crippen molar-refractivity contribution in [2.75, 3.05) is 13.6 Å². The van der Waals surface area contributed by atoms with E-state index in [0.717, 1.165) is 18.9 Å². The molecule has 1 aliphatic carbocycles. The SMILES string of the molecule is C[C@H](NC1CCN(C)C1=O)C1CCCC1. The van der Waals surface area contributed by atoms with E-state index in [1.807, 2.05) is 11.9 Å². The first-order valence-electron chi connectivity index (χ1n) is 6.19. The first-order chi connectivity index (χ1) is 7.18. The summed E-state index contributed by atoms with van der Waals surface area (Å²) in [5, 5.41) is 3.51. The van der Waals surface area contributed by atoms with Gasteiger partial charge in [-0.2, -0.15) is 0 Å². The Labute approximate surface area is 92.2 Å². The molecule has 1 heterocycles. The molecule has 2 aliphatic rings. The van der Waals surface area contributed by atoms with Gasteiger partial charge >= 0.3 is 0 Å². The van der Waals surface area contributed by atoms with Gasteiger partial charge in [0.15, 0.2) is 0 Å². The zero-order valence-electron chi connectivity index (χ0n) is 9.83. The highest BCUT2D eigenvalue weighted by molar-refractivity contribution is 5.83. The normalized spacial score (nSPS) is 30.1. The summed E-state index contributed by atoms with van der Waals surface area (Å²) >= 11 is 0. The maximum Gasteiger partial charge on any atom is 0.239 e. The summed E-state index contributed by atoms with van der Waals surface area (Å²) in [7, 11) is 1.89. The number of rotatable bonds is 3. The van der Waals surface area contributed by atoms with Crippen molar-refractivity contribution in [3.63, 3.8) is 0 Å². The summed E-state index contributed by atoms with van der Waals surface area (Å²) < 4.78 is 0. The molecule has 0 bridgehead atoms. The van der Waals surface area contributed by atoms with E-state index < -0.39 is 0 Å². The van der Waals surface area contributed by atoms with E-state index in [2.05, 4.69) is 12.2 Å². The van der Waals surface area contributed by atoms with Gasteiger partial charge in [0, 0.05) is 19.6 Å². The number of nitrogens with zero attached hydrogens (tertiary/aromatic N) is 1. The van der Waals surface area contributed by atoms with Crippen molar-refractivity contribution < 1.29 is 4.79 Å². The van der Waals surface area contributed by atoms with Crippen LogP contribution in [0.15, 0.2) is 0 Å². The second-order valence-electron chi connectivity index (χ2n) is 5.10. The minimum absolute atomic E-state index is 0.0885.